The van der Waals surface area contributed by atoms with E-state index in [1.165, 1.54) is 5.56 Å². The van der Waals surface area contributed by atoms with Crippen LogP contribution in [0.5, 0.6) is 5.75 Å². The second kappa shape index (κ2) is 6.03. The second-order valence-corrected chi connectivity index (χ2v) is 4.66. The molecule has 3 heteroatoms. The summed E-state index contributed by atoms with van der Waals surface area (Å²) < 4.78 is 5.76. The number of hydrogen-bond donors (Lipinski definition) is 1. The van der Waals surface area contributed by atoms with Crippen LogP contribution in [0.25, 0.3) is 0 Å². The Bertz CT molecular complexity index is 337. The molecule has 0 saturated carbocycles. The average molecular weight is 235 g/mol. The molecule has 0 radical (unpaired) electrons. The summed E-state index contributed by atoms with van der Waals surface area (Å²) in [6, 6.07) is 7.48. The molecule has 1 atom stereocenters. The van der Waals surface area contributed by atoms with Gasteiger partial charge < -0.3 is 9.84 Å². The normalized spacial score (nSPS) is 22.3. The minimum Gasteiger partial charge on any atom is -0.508 e. The van der Waals surface area contributed by atoms with Gasteiger partial charge in [-0.25, -0.2) is 0 Å². The second-order valence-electron chi connectivity index (χ2n) is 4.66. The van der Waals surface area contributed by atoms with Crippen LogP contribution < -0.4 is 0 Å². The zero-order valence-electron chi connectivity index (χ0n) is 10.4. The van der Waals surface area contributed by atoms with Crippen LogP contribution in [-0.4, -0.2) is 35.8 Å². The Kier molecular flexibility index (Phi) is 4.40. The van der Waals surface area contributed by atoms with E-state index in [1.54, 1.807) is 12.1 Å². The molecule has 94 valence electrons. The van der Waals surface area contributed by atoms with Crippen molar-refractivity contribution in [3.05, 3.63) is 29.8 Å². The highest BCUT2D eigenvalue weighted by Gasteiger charge is 2.17. The molecule has 1 aromatic carbocycles. The summed E-state index contributed by atoms with van der Waals surface area (Å²) in [5.41, 5.74) is 1.25. The summed E-state index contributed by atoms with van der Waals surface area (Å²) in [6.45, 7) is 6.11. The summed E-state index contributed by atoms with van der Waals surface area (Å²) >= 11 is 0. The minimum atomic E-state index is 0.333. The van der Waals surface area contributed by atoms with E-state index in [2.05, 4.69) is 11.8 Å². The molecule has 3 nitrogen and oxygen atoms in total. The first kappa shape index (κ1) is 12.4. The molecule has 0 amide bonds. The zero-order valence-corrected chi connectivity index (χ0v) is 10.4. The van der Waals surface area contributed by atoms with E-state index in [0.29, 0.717) is 11.9 Å². The molecule has 17 heavy (non-hydrogen) atoms. The predicted molar refractivity (Wildman–Crippen MR) is 68.0 cm³/mol. The number of hydrogen-bond acceptors (Lipinski definition) is 3. The first-order valence-corrected chi connectivity index (χ1v) is 6.40. The molecule has 1 aliphatic rings. The van der Waals surface area contributed by atoms with Crippen molar-refractivity contribution in [3.63, 3.8) is 0 Å². The van der Waals surface area contributed by atoms with Gasteiger partial charge in [0.2, 0.25) is 0 Å². The van der Waals surface area contributed by atoms with E-state index in [4.69, 9.17) is 4.74 Å². The Morgan fingerprint density at radius 1 is 1.35 bits per heavy atom. The Morgan fingerprint density at radius 3 is 2.82 bits per heavy atom. The maximum absolute atomic E-state index is 9.25. The molecule has 2 rings (SSSR count). The van der Waals surface area contributed by atoms with Gasteiger partial charge in [0.25, 0.3) is 0 Å². The number of rotatable bonds is 3. The van der Waals surface area contributed by atoms with Crippen LogP contribution in [0.1, 0.15) is 25.3 Å². The fraction of sp³-hybridized carbons (Fsp3) is 0.571. The third kappa shape index (κ3) is 3.72. The van der Waals surface area contributed by atoms with Gasteiger partial charge in [-0.3, -0.25) is 4.90 Å². The molecule has 1 unspecified atom stereocenters. The molecule has 1 aromatic rings. The van der Waals surface area contributed by atoms with Gasteiger partial charge in [-0.05, 0) is 30.5 Å². The first-order valence-electron chi connectivity index (χ1n) is 6.40. The van der Waals surface area contributed by atoms with E-state index in [0.717, 1.165) is 39.1 Å². The lowest BCUT2D eigenvalue weighted by Crippen LogP contribution is -2.30. The average Bonchev–Trinajstić information content (AvgIpc) is 2.57. The number of nitrogens with zero attached hydrogens (tertiary/aromatic N) is 1. The molecule has 1 heterocycles. The van der Waals surface area contributed by atoms with E-state index in [9.17, 15) is 5.11 Å². The summed E-state index contributed by atoms with van der Waals surface area (Å²) in [6.07, 6.45) is 2.55. The predicted octanol–water partition coefficient (Wildman–Crippen LogP) is 2.39. The standard InChI is InChI=1S/C14H21NO2/c1-2-14-11-15(8-3-9-17-14)10-12-4-6-13(16)7-5-12/h4-7,14,16H,2-3,8-11H2,1H3. The molecular formula is C14H21NO2. The highest BCUT2D eigenvalue weighted by atomic mass is 16.5. The van der Waals surface area contributed by atoms with Crippen molar-refractivity contribution in [2.45, 2.75) is 32.4 Å². The highest BCUT2D eigenvalue weighted by molar-refractivity contribution is 5.25. The molecule has 0 aliphatic carbocycles. The fourth-order valence-electron chi connectivity index (χ4n) is 2.22. The van der Waals surface area contributed by atoms with Gasteiger partial charge in [-0.2, -0.15) is 0 Å². The first-order chi connectivity index (χ1) is 8.28. The SMILES string of the molecule is CCC1CN(Cc2ccc(O)cc2)CCCO1. The van der Waals surface area contributed by atoms with Crippen LogP contribution >= 0.6 is 0 Å². The lowest BCUT2D eigenvalue weighted by atomic mass is 10.2. The molecule has 1 aliphatic heterocycles. The summed E-state index contributed by atoms with van der Waals surface area (Å²) in [4.78, 5) is 2.44. The Morgan fingerprint density at radius 2 is 2.12 bits per heavy atom. The molecule has 1 fully saturated rings. The quantitative estimate of drug-likeness (QED) is 0.873. The molecule has 1 saturated heterocycles. The molecule has 0 bridgehead atoms. The summed E-state index contributed by atoms with van der Waals surface area (Å²) in [7, 11) is 0. The van der Waals surface area contributed by atoms with E-state index < -0.39 is 0 Å². The number of aromatic hydroxyl groups is 1. The van der Waals surface area contributed by atoms with Gasteiger partial charge in [0.1, 0.15) is 5.75 Å². The maximum atomic E-state index is 9.25. The van der Waals surface area contributed by atoms with Crippen molar-refractivity contribution in [1.29, 1.82) is 0 Å². The van der Waals surface area contributed by atoms with Crippen molar-refractivity contribution >= 4 is 0 Å². The maximum Gasteiger partial charge on any atom is 0.115 e. The van der Waals surface area contributed by atoms with E-state index >= 15 is 0 Å². The molecule has 0 spiro atoms. The fourth-order valence-corrected chi connectivity index (χ4v) is 2.22. The lowest BCUT2D eigenvalue weighted by Gasteiger charge is -2.23. The molecule has 0 aromatic heterocycles. The van der Waals surface area contributed by atoms with Crippen LogP contribution in [0.3, 0.4) is 0 Å². The Balaban J connectivity index is 1.94. The Labute approximate surface area is 103 Å². The number of phenolic OH excluding ortho intramolecular Hbond substituents is 1. The van der Waals surface area contributed by atoms with Crippen molar-refractivity contribution in [1.82, 2.24) is 4.90 Å². The zero-order chi connectivity index (χ0) is 12.1. The van der Waals surface area contributed by atoms with Gasteiger partial charge in [0.05, 0.1) is 6.10 Å². The van der Waals surface area contributed by atoms with Gasteiger partial charge in [-0.15, -0.1) is 0 Å². The van der Waals surface area contributed by atoms with Crippen LogP contribution in [0, 0.1) is 0 Å². The van der Waals surface area contributed by atoms with Crippen LogP contribution in [-0.2, 0) is 11.3 Å². The van der Waals surface area contributed by atoms with E-state index in [-0.39, 0.29) is 0 Å². The molecular weight excluding hydrogens is 214 g/mol. The van der Waals surface area contributed by atoms with Crippen molar-refractivity contribution in [2.75, 3.05) is 19.7 Å². The van der Waals surface area contributed by atoms with E-state index in [1.807, 2.05) is 12.1 Å². The lowest BCUT2D eigenvalue weighted by molar-refractivity contribution is 0.0510. The van der Waals surface area contributed by atoms with Crippen molar-refractivity contribution < 1.29 is 9.84 Å². The van der Waals surface area contributed by atoms with Crippen molar-refractivity contribution in [2.24, 2.45) is 0 Å². The Hall–Kier alpha value is -1.06. The number of benzene rings is 1. The van der Waals surface area contributed by atoms with Crippen LogP contribution in [0.2, 0.25) is 0 Å². The number of ether oxygens (including phenoxy) is 1. The summed E-state index contributed by atoms with van der Waals surface area (Å²) in [5, 5.41) is 9.25. The third-order valence-corrected chi connectivity index (χ3v) is 3.23. The van der Waals surface area contributed by atoms with Gasteiger partial charge in [0.15, 0.2) is 0 Å². The van der Waals surface area contributed by atoms with Crippen LogP contribution in [0.15, 0.2) is 24.3 Å². The summed E-state index contributed by atoms with van der Waals surface area (Å²) in [5.74, 6) is 0.333. The topological polar surface area (TPSA) is 32.7 Å². The number of phenols is 1. The van der Waals surface area contributed by atoms with Crippen molar-refractivity contribution in [3.8, 4) is 5.75 Å². The molecule has 1 N–H and O–H groups in total. The van der Waals surface area contributed by atoms with Gasteiger partial charge >= 0.3 is 0 Å². The minimum absolute atomic E-state index is 0.333. The highest BCUT2D eigenvalue weighted by Crippen LogP contribution is 2.15. The van der Waals surface area contributed by atoms with Gasteiger partial charge in [-0.1, -0.05) is 19.1 Å². The van der Waals surface area contributed by atoms with Crippen LogP contribution in [0.4, 0.5) is 0 Å². The third-order valence-electron chi connectivity index (χ3n) is 3.23. The monoisotopic (exact) mass is 235 g/mol. The smallest absolute Gasteiger partial charge is 0.115 e. The van der Waals surface area contributed by atoms with Gasteiger partial charge in [0, 0.05) is 26.2 Å². The largest absolute Gasteiger partial charge is 0.508 e.